The molecule has 0 aromatic rings. The van der Waals surface area contributed by atoms with E-state index >= 15 is 0 Å². The van der Waals surface area contributed by atoms with Crippen LogP contribution in [0.15, 0.2) is 48.6 Å². The van der Waals surface area contributed by atoms with Crippen molar-refractivity contribution in [1.29, 1.82) is 0 Å². The molecular formula is C59H109NO5. The average molecular weight is 913 g/mol. The smallest absolute Gasteiger partial charge is 0.306 e. The molecule has 0 saturated heterocycles. The molecule has 0 bridgehead atoms. The summed E-state index contributed by atoms with van der Waals surface area (Å²) >= 11 is 0. The molecule has 3 unspecified atom stereocenters. The van der Waals surface area contributed by atoms with Gasteiger partial charge in [0, 0.05) is 6.42 Å². The Morgan fingerprint density at radius 1 is 0.446 bits per heavy atom. The maximum Gasteiger partial charge on any atom is 0.306 e. The van der Waals surface area contributed by atoms with Gasteiger partial charge in [-0.3, -0.25) is 9.59 Å². The predicted molar refractivity (Wildman–Crippen MR) is 282 cm³/mol. The number of allylic oxidation sites excluding steroid dienone is 8. The van der Waals surface area contributed by atoms with Crippen molar-refractivity contribution in [3.63, 3.8) is 0 Å². The van der Waals surface area contributed by atoms with Gasteiger partial charge in [0.25, 0.3) is 0 Å². The third-order valence-corrected chi connectivity index (χ3v) is 12.9. The Hall–Kier alpha value is -2.18. The lowest BCUT2D eigenvalue weighted by atomic mass is 10.0. The van der Waals surface area contributed by atoms with E-state index in [1.807, 2.05) is 0 Å². The summed E-state index contributed by atoms with van der Waals surface area (Å²) in [5.74, 6) is -0.494. The molecule has 0 aliphatic heterocycles. The number of hydrogen-bond acceptors (Lipinski definition) is 5. The van der Waals surface area contributed by atoms with Crippen LogP contribution in [-0.4, -0.2) is 46.9 Å². The summed E-state index contributed by atoms with van der Waals surface area (Å²) in [5.41, 5.74) is 0. The number of carbonyl (C=O) groups is 2. The van der Waals surface area contributed by atoms with E-state index in [0.29, 0.717) is 19.3 Å². The first-order valence-electron chi connectivity index (χ1n) is 28.4. The van der Waals surface area contributed by atoms with Gasteiger partial charge in [0.15, 0.2) is 0 Å². The topological polar surface area (TPSA) is 95.9 Å². The first kappa shape index (κ1) is 62.8. The van der Waals surface area contributed by atoms with Crippen LogP contribution in [0, 0.1) is 0 Å². The molecule has 1 amide bonds. The second-order valence-corrected chi connectivity index (χ2v) is 19.3. The summed E-state index contributed by atoms with van der Waals surface area (Å²) in [5, 5.41) is 23.8. The minimum Gasteiger partial charge on any atom is -0.462 e. The molecule has 3 N–H and O–H groups in total. The van der Waals surface area contributed by atoms with Crippen LogP contribution in [0.2, 0.25) is 0 Å². The number of hydrogen-bond donors (Lipinski definition) is 3. The second kappa shape index (κ2) is 52.8. The van der Waals surface area contributed by atoms with Crippen LogP contribution in [0.4, 0.5) is 0 Å². The molecule has 0 saturated carbocycles. The zero-order valence-electron chi connectivity index (χ0n) is 43.4. The molecule has 0 aliphatic carbocycles. The maximum absolute atomic E-state index is 13.3. The van der Waals surface area contributed by atoms with Crippen molar-refractivity contribution in [3.05, 3.63) is 48.6 Å². The number of rotatable bonds is 51. The number of aliphatic hydroxyl groups excluding tert-OH is 2. The van der Waals surface area contributed by atoms with Crippen molar-refractivity contribution in [2.24, 2.45) is 0 Å². The molecule has 380 valence electrons. The first-order chi connectivity index (χ1) is 32.0. The Labute approximate surface area is 404 Å². The predicted octanol–water partition coefficient (Wildman–Crippen LogP) is 17.4. The van der Waals surface area contributed by atoms with E-state index in [1.54, 1.807) is 0 Å². The van der Waals surface area contributed by atoms with Gasteiger partial charge < -0.3 is 20.3 Å². The molecule has 0 aromatic carbocycles. The standard InChI is InChI=1S/C59H109NO5/c1-4-7-10-13-16-19-22-25-27-29-31-33-35-38-41-44-47-50-55(65-59(64)52-49-46-43-40-37-34-32-30-28-26-23-20-17-14-11-8-5-2)53-58(63)60-56(54-61)57(62)51-48-45-42-39-36-24-21-18-15-12-9-6-3/h17,20,25-28,32,34,55-57,61-62H,4-16,18-19,21-24,29-31,33,35-54H2,1-3H3,(H,60,63)/b20-17-,27-25+,28-26-,34-32-. The molecule has 0 aliphatic rings. The highest BCUT2D eigenvalue weighted by molar-refractivity contribution is 5.77. The number of unbranched alkanes of at least 4 members (excludes halogenated alkanes) is 31. The molecule has 6 heteroatoms. The van der Waals surface area contributed by atoms with Gasteiger partial charge >= 0.3 is 5.97 Å². The van der Waals surface area contributed by atoms with E-state index in [-0.39, 0.29) is 24.9 Å². The third-order valence-electron chi connectivity index (χ3n) is 12.9. The molecule has 6 nitrogen and oxygen atoms in total. The van der Waals surface area contributed by atoms with Crippen molar-refractivity contribution < 1.29 is 24.5 Å². The van der Waals surface area contributed by atoms with E-state index in [1.165, 1.54) is 161 Å². The largest absolute Gasteiger partial charge is 0.462 e. The van der Waals surface area contributed by atoms with E-state index < -0.39 is 18.2 Å². The van der Waals surface area contributed by atoms with Gasteiger partial charge in [0.2, 0.25) is 5.91 Å². The minimum absolute atomic E-state index is 0.0667. The van der Waals surface area contributed by atoms with Crippen molar-refractivity contribution >= 4 is 11.9 Å². The first-order valence-corrected chi connectivity index (χ1v) is 28.4. The van der Waals surface area contributed by atoms with Gasteiger partial charge in [-0.1, -0.05) is 236 Å². The normalized spacial score (nSPS) is 13.5. The molecule has 0 fully saturated rings. The average Bonchev–Trinajstić information content (AvgIpc) is 3.30. The van der Waals surface area contributed by atoms with Crippen LogP contribution < -0.4 is 5.32 Å². The highest BCUT2D eigenvalue weighted by atomic mass is 16.5. The Balaban J connectivity index is 4.61. The fourth-order valence-electron chi connectivity index (χ4n) is 8.55. The fourth-order valence-corrected chi connectivity index (χ4v) is 8.55. The van der Waals surface area contributed by atoms with Gasteiger partial charge in [0.05, 0.1) is 25.2 Å². The molecule has 0 spiro atoms. The summed E-state index contributed by atoms with van der Waals surface area (Å²) in [6, 6.07) is -0.707. The summed E-state index contributed by atoms with van der Waals surface area (Å²) < 4.78 is 5.95. The fraction of sp³-hybridized carbons (Fsp3) is 0.831. The van der Waals surface area contributed by atoms with Crippen LogP contribution in [0.25, 0.3) is 0 Å². The molecule has 0 aromatic heterocycles. The molecule has 0 radical (unpaired) electrons. The van der Waals surface area contributed by atoms with Crippen LogP contribution in [0.3, 0.4) is 0 Å². The summed E-state index contributed by atoms with van der Waals surface area (Å²) in [6.45, 7) is 6.46. The summed E-state index contributed by atoms with van der Waals surface area (Å²) in [6.07, 6.45) is 64.5. The zero-order chi connectivity index (χ0) is 47.4. The minimum atomic E-state index is -0.793. The number of amides is 1. The zero-order valence-corrected chi connectivity index (χ0v) is 43.4. The SMILES string of the molecule is CCCCC/C=C\C/C=C\C/C=C\CCCCCCC(=O)OC(CCCCCCCCC/C=C/CCCCCCCC)CC(=O)NC(CO)C(O)CCCCCCCCCCCCCC. The Morgan fingerprint density at radius 3 is 1.23 bits per heavy atom. The highest BCUT2D eigenvalue weighted by Crippen LogP contribution is 2.18. The van der Waals surface area contributed by atoms with Crippen LogP contribution in [0.1, 0.15) is 290 Å². The third kappa shape index (κ3) is 48.1. The second-order valence-electron chi connectivity index (χ2n) is 19.3. The molecule has 0 heterocycles. The number of nitrogens with one attached hydrogen (secondary N) is 1. The molecular weight excluding hydrogens is 803 g/mol. The Kier molecular flexibility index (Phi) is 51.0. The number of aliphatic hydroxyl groups is 2. The number of carbonyl (C=O) groups excluding carboxylic acids is 2. The monoisotopic (exact) mass is 912 g/mol. The van der Waals surface area contributed by atoms with Gasteiger partial charge in [-0.25, -0.2) is 0 Å². The van der Waals surface area contributed by atoms with E-state index in [2.05, 4.69) is 74.7 Å². The van der Waals surface area contributed by atoms with Gasteiger partial charge in [-0.05, 0) is 89.9 Å². The van der Waals surface area contributed by atoms with Crippen LogP contribution in [-0.2, 0) is 14.3 Å². The van der Waals surface area contributed by atoms with Gasteiger partial charge in [-0.15, -0.1) is 0 Å². The quantitative estimate of drug-likeness (QED) is 0.0321. The highest BCUT2D eigenvalue weighted by Gasteiger charge is 2.24. The van der Waals surface area contributed by atoms with Crippen LogP contribution in [0.5, 0.6) is 0 Å². The van der Waals surface area contributed by atoms with Crippen molar-refractivity contribution in [3.8, 4) is 0 Å². The number of esters is 1. The lowest BCUT2D eigenvalue weighted by molar-refractivity contribution is -0.151. The molecule has 65 heavy (non-hydrogen) atoms. The summed E-state index contributed by atoms with van der Waals surface area (Å²) in [7, 11) is 0. The Bertz CT molecular complexity index is 1110. The van der Waals surface area contributed by atoms with Crippen molar-refractivity contribution in [2.45, 2.75) is 309 Å². The molecule has 0 rings (SSSR count). The lowest BCUT2D eigenvalue weighted by Gasteiger charge is -2.24. The van der Waals surface area contributed by atoms with E-state index in [9.17, 15) is 19.8 Å². The number of ether oxygens (including phenoxy) is 1. The van der Waals surface area contributed by atoms with Crippen LogP contribution >= 0.6 is 0 Å². The maximum atomic E-state index is 13.3. The van der Waals surface area contributed by atoms with E-state index in [4.69, 9.17) is 4.74 Å². The van der Waals surface area contributed by atoms with Gasteiger partial charge in [0.1, 0.15) is 6.10 Å². The van der Waals surface area contributed by atoms with Gasteiger partial charge in [-0.2, -0.15) is 0 Å². The summed E-state index contributed by atoms with van der Waals surface area (Å²) in [4.78, 5) is 26.2. The molecule has 3 atom stereocenters. The van der Waals surface area contributed by atoms with Crippen molar-refractivity contribution in [2.75, 3.05) is 6.61 Å². The lowest BCUT2D eigenvalue weighted by Crippen LogP contribution is -2.46. The van der Waals surface area contributed by atoms with E-state index in [0.717, 1.165) is 83.5 Å². The van der Waals surface area contributed by atoms with Crippen molar-refractivity contribution in [1.82, 2.24) is 5.32 Å². The Morgan fingerprint density at radius 2 is 0.785 bits per heavy atom.